The Morgan fingerprint density at radius 3 is 2.59 bits per heavy atom. The Hall–Kier alpha value is -4.86. The number of rotatable bonds is 4. The van der Waals surface area contributed by atoms with Gasteiger partial charge < -0.3 is 24.8 Å². The fourth-order valence-corrected chi connectivity index (χ4v) is 3.47. The third-order valence-electron chi connectivity index (χ3n) is 5.36. The van der Waals surface area contributed by atoms with Gasteiger partial charge in [-0.15, -0.1) is 0 Å². The molecule has 37 heavy (non-hydrogen) atoms. The highest BCUT2D eigenvalue weighted by Crippen LogP contribution is 2.31. The minimum absolute atomic E-state index is 0.0625. The molecule has 0 aliphatic carbocycles. The molecule has 0 radical (unpaired) electrons. The lowest BCUT2D eigenvalue weighted by molar-refractivity contribution is -0.120. The first-order valence-electron chi connectivity index (χ1n) is 11.4. The molecule has 2 heterocycles. The van der Waals surface area contributed by atoms with E-state index in [0.29, 0.717) is 34.1 Å². The maximum absolute atomic E-state index is 13.1. The van der Waals surface area contributed by atoms with Crippen molar-refractivity contribution in [3.63, 3.8) is 0 Å². The lowest BCUT2D eigenvalue weighted by atomic mass is 10.1. The molecule has 1 aliphatic rings. The number of hydrogen-bond acceptors (Lipinski definition) is 7. The van der Waals surface area contributed by atoms with Crippen LogP contribution in [0.2, 0.25) is 0 Å². The predicted molar refractivity (Wildman–Crippen MR) is 135 cm³/mol. The molecule has 2 aromatic carbocycles. The van der Waals surface area contributed by atoms with Gasteiger partial charge in [-0.2, -0.15) is 5.26 Å². The van der Waals surface area contributed by atoms with Gasteiger partial charge in [0.1, 0.15) is 41.2 Å². The van der Waals surface area contributed by atoms with Crippen LogP contribution in [-0.4, -0.2) is 47.2 Å². The molecule has 9 nitrogen and oxygen atoms in total. The van der Waals surface area contributed by atoms with E-state index in [1.807, 2.05) is 6.07 Å². The molecule has 186 valence electrons. The summed E-state index contributed by atoms with van der Waals surface area (Å²) in [5.41, 5.74) is 0.572. The van der Waals surface area contributed by atoms with Gasteiger partial charge in [0.15, 0.2) is 0 Å². The summed E-state index contributed by atoms with van der Waals surface area (Å²) in [6, 6.07) is 15.8. The number of anilines is 1. The number of nitrogens with one attached hydrogen (secondary N) is 1. The number of hydrogen-bond donors (Lipinski definition) is 2. The molecule has 0 unspecified atom stereocenters. The highest BCUT2D eigenvalue weighted by Gasteiger charge is 2.31. The van der Waals surface area contributed by atoms with Crippen LogP contribution >= 0.6 is 0 Å². The number of benzene rings is 2. The van der Waals surface area contributed by atoms with Gasteiger partial charge in [-0.05, 0) is 62.4 Å². The normalized spacial score (nSPS) is 14.7. The second-order valence-corrected chi connectivity index (χ2v) is 8.84. The van der Waals surface area contributed by atoms with Gasteiger partial charge in [-0.1, -0.05) is 11.8 Å². The molecule has 9 heteroatoms. The maximum Gasteiger partial charge on any atom is 0.270 e. The number of carbonyl (C=O) groups excluding carboxylic acids is 2. The number of likely N-dealkylation sites (N-methyl/N-ethyl adjacent to an activating group) is 1. The zero-order valence-electron chi connectivity index (χ0n) is 20.5. The second-order valence-electron chi connectivity index (χ2n) is 8.84. The molecule has 0 spiro atoms. The average molecular weight is 497 g/mol. The third-order valence-corrected chi connectivity index (χ3v) is 5.36. The molecule has 1 atom stereocenters. The minimum Gasteiger partial charge on any atom is -0.489 e. The van der Waals surface area contributed by atoms with E-state index in [1.54, 1.807) is 69.4 Å². The monoisotopic (exact) mass is 496 g/mol. The summed E-state index contributed by atoms with van der Waals surface area (Å²) >= 11 is 0. The number of pyridine rings is 1. The Balaban J connectivity index is 1.47. The predicted octanol–water partition coefficient (Wildman–Crippen LogP) is 3.02. The van der Waals surface area contributed by atoms with Crippen LogP contribution in [0.1, 0.15) is 35.5 Å². The molecule has 2 N–H and O–H groups in total. The molecule has 0 fully saturated rings. The van der Waals surface area contributed by atoms with Gasteiger partial charge in [-0.3, -0.25) is 14.6 Å². The first-order chi connectivity index (χ1) is 17.6. The van der Waals surface area contributed by atoms with Crippen LogP contribution in [0.4, 0.5) is 5.69 Å². The summed E-state index contributed by atoms with van der Waals surface area (Å²) in [6.07, 6.45) is 1.43. The highest BCUT2D eigenvalue weighted by atomic mass is 16.5. The summed E-state index contributed by atoms with van der Waals surface area (Å²) in [6.45, 7) is 3.08. The molecule has 1 aromatic heterocycles. The topological polar surface area (TPSA) is 125 Å². The zero-order valence-corrected chi connectivity index (χ0v) is 20.5. The Morgan fingerprint density at radius 1 is 1.16 bits per heavy atom. The molecule has 4 rings (SSSR count). The Morgan fingerprint density at radius 2 is 1.89 bits per heavy atom. The van der Waals surface area contributed by atoms with Crippen molar-refractivity contribution in [2.75, 3.05) is 18.6 Å². The maximum atomic E-state index is 13.1. The van der Waals surface area contributed by atoms with E-state index in [-0.39, 0.29) is 18.2 Å². The second kappa shape index (κ2) is 10.4. The van der Waals surface area contributed by atoms with Crippen LogP contribution in [0.15, 0.2) is 60.8 Å². The van der Waals surface area contributed by atoms with E-state index in [0.717, 1.165) is 0 Å². The number of nitriles is 1. The largest absolute Gasteiger partial charge is 0.489 e. The summed E-state index contributed by atoms with van der Waals surface area (Å²) < 4.78 is 11.6. The molecule has 2 amide bonds. The standard InChI is InChI=1S/C28H24N4O5/c1-28(2,35)12-10-18-6-9-24-25(14-18)36-17-23(27(34)32(24)3)31-26(33)22-15-21(11-13-30-22)37-20-7-4-19(16-29)5-8-20/h4-9,11,13-15,23,35H,17H2,1-3H3,(H,31,33)/t23-/m0/s1. The van der Waals surface area contributed by atoms with Crippen molar-refractivity contribution in [3.05, 3.63) is 77.6 Å². The van der Waals surface area contributed by atoms with Crippen molar-refractivity contribution < 1.29 is 24.2 Å². The van der Waals surface area contributed by atoms with E-state index in [4.69, 9.17) is 14.7 Å². The van der Waals surface area contributed by atoms with Crippen molar-refractivity contribution >= 4 is 17.5 Å². The van der Waals surface area contributed by atoms with E-state index >= 15 is 0 Å². The van der Waals surface area contributed by atoms with Gasteiger partial charge in [0, 0.05) is 24.9 Å². The summed E-state index contributed by atoms with van der Waals surface area (Å²) in [5, 5.41) is 21.4. The van der Waals surface area contributed by atoms with Crippen molar-refractivity contribution in [2.24, 2.45) is 0 Å². The van der Waals surface area contributed by atoms with Crippen LogP contribution in [0.3, 0.4) is 0 Å². The van der Waals surface area contributed by atoms with Crippen LogP contribution in [0.5, 0.6) is 17.2 Å². The number of aliphatic hydroxyl groups is 1. The number of aromatic nitrogens is 1. The van der Waals surface area contributed by atoms with Crippen LogP contribution in [0.25, 0.3) is 0 Å². The van der Waals surface area contributed by atoms with Gasteiger partial charge in [0.25, 0.3) is 11.8 Å². The van der Waals surface area contributed by atoms with Crippen LogP contribution < -0.4 is 19.7 Å². The van der Waals surface area contributed by atoms with Crippen molar-refractivity contribution in [3.8, 4) is 35.2 Å². The van der Waals surface area contributed by atoms with Gasteiger partial charge in [-0.25, -0.2) is 0 Å². The molecular formula is C28H24N4O5. The SMILES string of the molecule is CN1C(=O)[C@@H](NC(=O)c2cc(Oc3ccc(C#N)cc3)ccn2)COc2cc(C#CC(C)(C)O)ccc21. The summed E-state index contributed by atoms with van der Waals surface area (Å²) in [5.74, 6) is 6.01. The molecule has 0 bridgehead atoms. The quantitative estimate of drug-likeness (QED) is 0.532. The lowest BCUT2D eigenvalue weighted by Crippen LogP contribution is -2.49. The molecular weight excluding hydrogens is 472 g/mol. The fraction of sp³-hybridized carbons (Fsp3) is 0.214. The van der Waals surface area contributed by atoms with Gasteiger partial charge >= 0.3 is 0 Å². The molecule has 1 aliphatic heterocycles. The van der Waals surface area contributed by atoms with Gasteiger partial charge in [0.05, 0.1) is 17.3 Å². The van der Waals surface area contributed by atoms with E-state index in [9.17, 15) is 14.7 Å². The van der Waals surface area contributed by atoms with Crippen molar-refractivity contribution in [1.29, 1.82) is 5.26 Å². The molecule has 0 saturated carbocycles. The fourth-order valence-electron chi connectivity index (χ4n) is 3.47. The Kier molecular flexibility index (Phi) is 7.10. The summed E-state index contributed by atoms with van der Waals surface area (Å²) in [4.78, 5) is 31.5. The number of carbonyl (C=O) groups is 2. The number of nitrogens with zero attached hydrogens (tertiary/aromatic N) is 3. The first-order valence-corrected chi connectivity index (χ1v) is 11.4. The molecule has 3 aromatic rings. The number of ether oxygens (including phenoxy) is 2. The van der Waals surface area contributed by atoms with Crippen LogP contribution in [-0.2, 0) is 4.79 Å². The van der Waals surface area contributed by atoms with Crippen LogP contribution in [0, 0.1) is 23.2 Å². The Labute approximate surface area is 214 Å². The zero-order chi connectivity index (χ0) is 26.6. The van der Waals surface area contributed by atoms with Crippen molar-refractivity contribution in [2.45, 2.75) is 25.5 Å². The number of fused-ring (bicyclic) bond motifs is 1. The van der Waals surface area contributed by atoms with Crippen molar-refractivity contribution in [1.82, 2.24) is 10.3 Å². The first kappa shape index (κ1) is 25.2. The average Bonchev–Trinajstić information content (AvgIpc) is 2.99. The van der Waals surface area contributed by atoms with Gasteiger partial charge in [0.2, 0.25) is 0 Å². The minimum atomic E-state index is -1.14. The third kappa shape index (κ3) is 6.23. The van der Waals surface area contributed by atoms with E-state index in [2.05, 4.69) is 22.1 Å². The highest BCUT2D eigenvalue weighted by molar-refractivity contribution is 6.03. The number of amides is 2. The molecule has 0 saturated heterocycles. The van der Waals surface area contributed by atoms with E-state index in [1.165, 1.54) is 17.2 Å². The van der Waals surface area contributed by atoms with E-state index < -0.39 is 17.6 Å². The smallest absolute Gasteiger partial charge is 0.270 e. The lowest BCUT2D eigenvalue weighted by Gasteiger charge is -2.20. The summed E-state index contributed by atoms with van der Waals surface area (Å²) in [7, 11) is 1.60. The Bertz CT molecular complexity index is 1440.